The van der Waals surface area contributed by atoms with Crippen molar-refractivity contribution < 1.29 is 17.9 Å². The summed E-state index contributed by atoms with van der Waals surface area (Å²) >= 11 is 0. The number of furan rings is 1. The van der Waals surface area contributed by atoms with E-state index < -0.39 is 15.6 Å². The molecule has 0 aliphatic rings. The Morgan fingerprint density at radius 2 is 2.18 bits per heavy atom. The molecule has 0 aromatic carbocycles. The van der Waals surface area contributed by atoms with Crippen LogP contribution in [0.1, 0.15) is 26.5 Å². The van der Waals surface area contributed by atoms with E-state index in [4.69, 9.17) is 4.42 Å². The Hall–Kier alpha value is -0.850. The zero-order valence-corrected chi connectivity index (χ0v) is 11.1. The Labute approximate surface area is 102 Å². The number of hydrogen-bond donors (Lipinski definition) is 2. The van der Waals surface area contributed by atoms with Crippen molar-refractivity contribution in [3.05, 3.63) is 24.2 Å². The van der Waals surface area contributed by atoms with Crippen LogP contribution in [0, 0.1) is 5.92 Å². The van der Waals surface area contributed by atoms with Crippen molar-refractivity contribution in [3.8, 4) is 0 Å². The summed E-state index contributed by atoms with van der Waals surface area (Å²) in [7, 11) is -3.36. The Morgan fingerprint density at radius 1 is 1.53 bits per heavy atom. The molecule has 0 bridgehead atoms. The van der Waals surface area contributed by atoms with E-state index in [0.717, 1.165) is 0 Å². The van der Waals surface area contributed by atoms with Gasteiger partial charge in [0.2, 0.25) is 10.0 Å². The van der Waals surface area contributed by atoms with Crippen LogP contribution >= 0.6 is 0 Å². The molecule has 6 heteroatoms. The van der Waals surface area contributed by atoms with E-state index in [1.54, 1.807) is 12.1 Å². The maximum absolute atomic E-state index is 11.6. The molecular weight excluding hydrogens is 242 g/mol. The lowest BCUT2D eigenvalue weighted by atomic mass is 10.1. The Balaban J connectivity index is 2.62. The maximum Gasteiger partial charge on any atom is 0.211 e. The van der Waals surface area contributed by atoms with Crippen LogP contribution in [0.3, 0.4) is 0 Å². The highest BCUT2D eigenvalue weighted by Crippen LogP contribution is 2.20. The molecule has 1 atom stereocenters. The predicted octanol–water partition coefficient (Wildman–Crippen LogP) is 1.06. The lowest BCUT2D eigenvalue weighted by molar-refractivity contribution is 0.0395. The molecule has 0 spiro atoms. The molecule has 0 amide bonds. The zero-order chi connectivity index (χ0) is 13.1. The normalized spacial score (nSPS) is 16.1. The Kier molecular flexibility index (Phi) is 4.35. The lowest BCUT2D eigenvalue weighted by Crippen LogP contribution is -2.40. The monoisotopic (exact) mass is 261 g/mol. The molecule has 0 aliphatic heterocycles. The molecule has 0 aliphatic carbocycles. The van der Waals surface area contributed by atoms with Crippen LogP contribution in [-0.4, -0.2) is 25.8 Å². The second-order valence-corrected chi connectivity index (χ2v) is 6.60. The highest BCUT2D eigenvalue weighted by molar-refractivity contribution is 7.89. The summed E-state index contributed by atoms with van der Waals surface area (Å²) < 4.78 is 30.6. The molecule has 1 aromatic rings. The van der Waals surface area contributed by atoms with Gasteiger partial charge in [-0.3, -0.25) is 0 Å². The fourth-order valence-electron chi connectivity index (χ4n) is 1.42. The van der Waals surface area contributed by atoms with E-state index in [1.807, 2.05) is 13.8 Å². The molecule has 0 saturated heterocycles. The largest absolute Gasteiger partial charge is 0.466 e. The summed E-state index contributed by atoms with van der Waals surface area (Å²) in [6.45, 7) is 5.05. The van der Waals surface area contributed by atoms with Gasteiger partial charge in [0.15, 0.2) is 0 Å². The Bertz CT molecular complexity index is 434. The minimum atomic E-state index is -3.36. The highest BCUT2D eigenvalue weighted by Gasteiger charge is 2.28. The van der Waals surface area contributed by atoms with Gasteiger partial charge in [-0.25, -0.2) is 13.1 Å². The molecule has 0 radical (unpaired) electrons. The van der Waals surface area contributed by atoms with Crippen LogP contribution in [0.4, 0.5) is 0 Å². The molecule has 0 saturated carbocycles. The standard InChI is InChI=1S/C11H19NO4S/c1-9(2)7-17(14,15)12-8-11(3,13)10-5-4-6-16-10/h4-6,9,12-13H,7-8H2,1-3H3/t11-/m0/s1. The predicted molar refractivity (Wildman–Crippen MR) is 64.9 cm³/mol. The molecular formula is C11H19NO4S. The quantitative estimate of drug-likeness (QED) is 0.802. The van der Waals surface area contributed by atoms with E-state index in [1.165, 1.54) is 13.2 Å². The van der Waals surface area contributed by atoms with E-state index in [-0.39, 0.29) is 18.2 Å². The van der Waals surface area contributed by atoms with Gasteiger partial charge in [0.1, 0.15) is 11.4 Å². The molecule has 0 unspecified atom stereocenters. The van der Waals surface area contributed by atoms with E-state index in [0.29, 0.717) is 5.76 Å². The molecule has 2 N–H and O–H groups in total. The molecule has 98 valence electrons. The fraction of sp³-hybridized carbons (Fsp3) is 0.636. The summed E-state index contributed by atoms with van der Waals surface area (Å²) in [5, 5.41) is 10.1. The summed E-state index contributed by atoms with van der Waals surface area (Å²) in [5.74, 6) is 0.423. The number of hydrogen-bond acceptors (Lipinski definition) is 4. The number of sulfonamides is 1. The van der Waals surface area contributed by atoms with Gasteiger partial charge < -0.3 is 9.52 Å². The maximum atomic E-state index is 11.6. The molecule has 1 aromatic heterocycles. The molecule has 1 heterocycles. The van der Waals surface area contributed by atoms with Gasteiger partial charge in [0, 0.05) is 6.54 Å². The minimum Gasteiger partial charge on any atom is -0.466 e. The van der Waals surface area contributed by atoms with Crippen LogP contribution in [-0.2, 0) is 15.6 Å². The van der Waals surface area contributed by atoms with E-state index in [9.17, 15) is 13.5 Å². The van der Waals surface area contributed by atoms with Crippen molar-refractivity contribution in [2.75, 3.05) is 12.3 Å². The van der Waals surface area contributed by atoms with Gasteiger partial charge in [-0.05, 0) is 25.0 Å². The van der Waals surface area contributed by atoms with Gasteiger partial charge in [-0.1, -0.05) is 13.8 Å². The summed E-state index contributed by atoms with van der Waals surface area (Å²) in [6.07, 6.45) is 1.44. The average Bonchev–Trinajstić information content (AvgIpc) is 2.66. The lowest BCUT2D eigenvalue weighted by Gasteiger charge is -2.21. The van der Waals surface area contributed by atoms with Gasteiger partial charge in [0.05, 0.1) is 12.0 Å². The van der Waals surface area contributed by atoms with Crippen molar-refractivity contribution in [3.63, 3.8) is 0 Å². The van der Waals surface area contributed by atoms with Gasteiger partial charge in [0.25, 0.3) is 0 Å². The summed E-state index contributed by atoms with van der Waals surface area (Å²) in [5.41, 5.74) is -1.34. The van der Waals surface area contributed by atoms with Crippen molar-refractivity contribution in [1.29, 1.82) is 0 Å². The first-order valence-corrected chi connectivity index (χ1v) is 7.12. The first-order valence-electron chi connectivity index (χ1n) is 5.46. The summed E-state index contributed by atoms with van der Waals surface area (Å²) in [4.78, 5) is 0. The molecule has 1 rings (SSSR count). The van der Waals surface area contributed by atoms with Crippen molar-refractivity contribution in [1.82, 2.24) is 4.72 Å². The van der Waals surface area contributed by atoms with Crippen molar-refractivity contribution in [2.45, 2.75) is 26.4 Å². The van der Waals surface area contributed by atoms with Gasteiger partial charge in [-0.15, -0.1) is 0 Å². The first-order chi connectivity index (χ1) is 7.73. The first kappa shape index (κ1) is 14.2. The second-order valence-electron chi connectivity index (χ2n) is 4.75. The second kappa shape index (κ2) is 5.20. The minimum absolute atomic E-state index is 0.0426. The summed E-state index contributed by atoms with van der Waals surface area (Å²) in [6, 6.07) is 3.25. The highest BCUT2D eigenvalue weighted by atomic mass is 32.2. The third-order valence-electron chi connectivity index (χ3n) is 2.24. The van der Waals surface area contributed by atoms with Crippen molar-refractivity contribution in [2.24, 2.45) is 5.92 Å². The zero-order valence-electron chi connectivity index (χ0n) is 10.3. The smallest absolute Gasteiger partial charge is 0.211 e. The van der Waals surface area contributed by atoms with Crippen LogP contribution in [0.25, 0.3) is 0 Å². The Morgan fingerprint density at radius 3 is 2.65 bits per heavy atom. The van der Waals surface area contributed by atoms with Gasteiger partial charge >= 0.3 is 0 Å². The van der Waals surface area contributed by atoms with E-state index in [2.05, 4.69) is 4.72 Å². The molecule has 17 heavy (non-hydrogen) atoms. The van der Waals surface area contributed by atoms with E-state index >= 15 is 0 Å². The average molecular weight is 261 g/mol. The van der Waals surface area contributed by atoms with Gasteiger partial charge in [-0.2, -0.15) is 0 Å². The third-order valence-corrected chi connectivity index (χ3v) is 3.93. The third kappa shape index (κ3) is 4.49. The number of rotatable bonds is 6. The van der Waals surface area contributed by atoms with Crippen LogP contribution < -0.4 is 4.72 Å². The molecule has 5 nitrogen and oxygen atoms in total. The number of aliphatic hydroxyl groups is 1. The van der Waals surface area contributed by atoms with Crippen LogP contribution in [0.15, 0.2) is 22.8 Å². The van der Waals surface area contributed by atoms with Crippen LogP contribution in [0.2, 0.25) is 0 Å². The van der Waals surface area contributed by atoms with Crippen LogP contribution in [0.5, 0.6) is 0 Å². The molecule has 0 fully saturated rings. The fourth-order valence-corrected chi connectivity index (χ4v) is 2.92. The SMILES string of the molecule is CC(C)CS(=O)(=O)NC[C@](C)(O)c1ccco1. The number of nitrogens with one attached hydrogen (secondary N) is 1. The topological polar surface area (TPSA) is 79.5 Å². The van der Waals surface area contributed by atoms with Crippen molar-refractivity contribution >= 4 is 10.0 Å².